The maximum atomic E-state index is 8.94. The van der Waals surface area contributed by atoms with Crippen LogP contribution in [0.25, 0.3) is 0 Å². The predicted molar refractivity (Wildman–Crippen MR) is 80.4 cm³/mol. The second-order valence-electron chi connectivity index (χ2n) is 6.48. The molecule has 1 aromatic rings. The van der Waals surface area contributed by atoms with Crippen LogP contribution in [0.15, 0.2) is 29.4 Å². The highest BCUT2D eigenvalue weighted by atomic mass is 16.5. The number of nitrogens with zero attached hydrogens (tertiary/aromatic N) is 2. The fraction of sp³-hybridized carbons (Fsp3) is 0.533. The van der Waals surface area contributed by atoms with Crippen LogP contribution >= 0.6 is 0 Å². The second-order valence-corrected chi connectivity index (χ2v) is 6.48. The van der Waals surface area contributed by atoms with Crippen molar-refractivity contribution >= 4 is 11.5 Å². The molecule has 1 aliphatic rings. The quantitative estimate of drug-likeness (QED) is 0.376. The van der Waals surface area contributed by atoms with Gasteiger partial charge in [0.2, 0.25) is 0 Å². The molecule has 0 aromatic heterocycles. The van der Waals surface area contributed by atoms with E-state index in [0.717, 1.165) is 24.3 Å². The predicted octanol–water partition coefficient (Wildman–Crippen LogP) is 2.17. The molecule has 0 saturated carbocycles. The minimum absolute atomic E-state index is 0.128. The van der Waals surface area contributed by atoms with Crippen molar-refractivity contribution in [3.63, 3.8) is 0 Å². The van der Waals surface area contributed by atoms with Gasteiger partial charge in [-0.05, 0) is 39.8 Å². The van der Waals surface area contributed by atoms with E-state index in [2.05, 4.69) is 37.8 Å². The van der Waals surface area contributed by atoms with Crippen molar-refractivity contribution in [3.8, 4) is 0 Å². The van der Waals surface area contributed by atoms with E-state index in [1.807, 2.05) is 24.3 Å². The van der Waals surface area contributed by atoms with Crippen molar-refractivity contribution < 1.29 is 9.94 Å². The molecule has 1 aromatic carbocycles. The summed E-state index contributed by atoms with van der Waals surface area (Å²) in [6.45, 7) is 9.82. The average Bonchev–Trinajstić information content (AvgIpc) is 2.34. The lowest BCUT2D eigenvalue weighted by molar-refractivity contribution is -0.133. The third-order valence-corrected chi connectivity index (χ3v) is 3.32. The summed E-state index contributed by atoms with van der Waals surface area (Å²) in [5.74, 6) is 0.128. The number of hydrogen-bond acceptors (Lipinski definition) is 4. The Labute approximate surface area is 120 Å². The molecule has 5 nitrogen and oxygen atoms in total. The summed E-state index contributed by atoms with van der Waals surface area (Å²) in [4.78, 5) is 2.23. The summed E-state index contributed by atoms with van der Waals surface area (Å²) in [6.07, 6.45) is 0. The fourth-order valence-corrected chi connectivity index (χ4v) is 2.98. The van der Waals surface area contributed by atoms with Crippen LogP contribution in [0.1, 0.15) is 33.3 Å². The van der Waals surface area contributed by atoms with Crippen LogP contribution in [0.5, 0.6) is 0 Å². The van der Waals surface area contributed by atoms with Gasteiger partial charge in [-0.3, -0.25) is 0 Å². The molecule has 1 saturated heterocycles. The first-order chi connectivity index (χ1) is 9.24. The molecular formula is C15H23N3O2. The molecule has 1 fully saturated rings. The van der Waals surface area contributed by atoms with Gasteiger partial charge in [-0.2, -0.15) is 0 Å². The number of ether oxygens (including phenoxy) is 1. The Morgan fingerprint density at radius 1 is 1.20 bits per heavy atom. The molecule has 20 heavy (non-hydrogen) atoms. The SMILES string of the molecule is CC1(C)CN(c2ccccc2/C(N)=N/O)CC(C)(C)O1. The maximum Gasteiger partial charge on any atom is 0.172 e. The number of rotatable bonds is 2. The van der Waals surface area contributed by atoms with Gasteiger partial charge in [-0.1, -0.05) is 17.3 Å². The molecule has 0 unspecified atom stereocenters. The van der Waals surface area contributed by atoms with Crippen molar-refractivity contribution in [1.29, 1.82) is 0 Å². The number of nitrogens with two attached hydrogens (primary N) is 1. The minimum atomic E-state index is -0.250. The highest BCUT2D eigenvalue weighted by Crippen LogP contribution is 2.32. The number of amidine groups is 1. The summed E-state index contributed by atoms with van der Waals surface area (Å²) in [6, 6.07) is 7.69. The lowest BCUT2D eigenvalue weighted by Gasteiger charge is -2.48. The number of para-hydroxylation sites is 1. The fourth-order valence-electron chi connectivity index (χ4n) is 2.98. The zero-order valence-corrected chi connectivity index (χ0v) is 12.6. The van der Waals surface area contributed by atoms with Crippen LogP contribution < -0.4 is 10.6 Å². The summed E-state index contributed by atoms with van der Waals surface area (Å²) >= 11 is 0. The van der Waals surface area contributed by atoms with Crippen molar-refractivity contribution in [2.75, 3.05) is 18.0 Å². The first kappa shape index (κ1) is 14.7. The lowest BCUT2D eigenvalue weighted by Crippen LogP contribution is -2.57. The van der Waals surface area contributed by atoms with Gasteiger partial charge in [0.1, 0.15) is 0 Å². The number of oxime groups is 1. The summed E-state index contributed by atoms with van der Waals surface area (Å²) in [7, 11) is 0. The van der Waals surface area contributed by atoms with Gasteiger partial charge in [0.05, 0.1) is 11.2 Å². The molecule has 110 valence electrons. The second kappa shape index (κ2) is 4.98. The molecule has 3 N–H and O–H groups in total. The van der Waals surface area contributed by atoms with Crippen molar-refractivity contribution in [1.82, 2.24) is 0 Å². The Balaban J connectivity index is 2.41. The van der Waals surface area contributed by atoms with E-state index in [9.17, 15) is 0 Å². The minimum Gasteiger partial charge on any atom is -0.409 e. The largest absolute Gasteiger partial charge is 0.409 e. The van der Waals surface area contributed by atoms with E-state index in [4.69, 9.17) is 15.7 Å². The highest BCUT2D eigenvalue weighted by Gasteiger charge is 2.38. The zero-order chi connectivity index (χ0) is 15.0. The van der Waals surface area contributed by atoms with Gasteiger partial charge in [-0.15, -0.1) is 0 Å². The molecule has 0 amide bonds. The molecule has 1 heterocycles. The van der Waals surface area contributed by atoms with E-state index < -0.39 is 0 Å². The monoisotopic (exact) mass is 277 g/mol. The van der Waals surface area contributed by atoms with E-state index in [0.29, 0.717) is 0 Å². The van der Waals surface area contributed by atoms with Crippen LogP contribution in [-0.4, -0.2) is 35.3 Å². The zero-order valence-electron chi connectivity index (χ0n) is 12.6. The van der Waals surface area contributed by atoms with Crippen LogP contribution in [-0.2, 0) is 4.74 Å². The Morgan fingerprint density at radius 2 is 1.75 bits per heavy atom. The maximum absolute atomic E-state index is 8.94. The number of benzene rings is 1. The molecule has 0 spiro atoms. The first-order valence-corrected chi connectivity index (χ1v) is 6.76. The van der Waals surface area contributed by atoms with Gasteiger partial charge in [-0.25, -0.2) is 0 Å². The Morgan fingerprint density at radius 3 is 2.30 bits per heavy atom. The lowest BCUT2D eigenvalue weighted by atomic mass is 9.97. The molecule has 0 bridgehead atoms. The van der Waals surface area contributed by atoms with Gasteiger partial charge in [0, 0.05) is 24.3 Å². The van der Waals surface area contributed by atoms with Crippen molar-refractivity contribution in [2.24, 2.45) is 10.9 Å². The third-order valence-electron chi connectivity index (χ3n) is 3.32. The molecule has 5 heteroatoms. The first-order valence-electron chi connectivity index (χ1n) is 6.76. The van der Waals surface area contributed by atoms with Gasteiger partial charge < -0.3 is 20.6 Å². The van der Waals surface area contributed by atoms with Crippen LogP contribution in [0.4, 0.5) is 5.69 Å². The molecule has 2 rings (SSSR count). The summed E-state index contributed by atoms with van der Waals surface area (Å²) < 4.78 is 6.09. The van der Waals surface area contributed by atoms with Crippen molar-refractivity contribution in [2.45, 2.75) is 38.9 Å². The topological polar surface area (TPSA) is 71.1 Å². The number of anilines is 1. The standard InChI is InChI=1S/C15H23N3O2/c1-14(2)9-18(10-15(3,4)20-14)12-8-6-5-7-11(12)13(16)17-19/h5-8,19H,9-10H2,1-4H3,(H2,16,17). The Hall–Kier alpha value is -1.75. The van der Waals surface area contributed by atoms with Crippen LogP contribution in [0.3, 0.4) is 0 Å². The van der Waals surface area contributed by atoms with E-state index in [1.165, 1.54) is 0 Å². The average molecular weight is 277 g/mol. The number of hydrogen-bond donors (Lipinski definition) is 2. The molecular weight excluding hydrogens is 254 g/mol. The van der Waals surface area contributed by atoms with Crippen LogP contribution in [0.2, 0.25) is 0 Å². The summed E-state index contributed by atoms with van der Waals surface area (Å²) in [5, 5.41) is 12.1. The summed E-state index contributed by atoms with van der Waals surface area (Å²) in [5.41, 5.74) is 6.98. The van der Waals surface area contributed by atoms with Crippen LogP contribution in [0, 0.1) is 0 Å². The molecule has 0 atom stereocenters. The van der Waals surface area contributed by atoms with Gasteiger partial charge >= 0.3 is 0 Å². The molecule has 1 aliphatic heterocycles. The van der Waals surface area contributed by atoms with Crippen molar-refractivity contribution in [3.05, 3.63) is 29.8 Å². The normalized spacial score (nSPS) is 21.8. The van der Waals surface area contributed by atoms with E-state index in [1.54, 1.807) is 0 Å². The highest BCUT2D eigenvalue weighted by molar-refractivity contribution is 6.02. The smallest absolute Gasteiger partial charge is 0.172 e. The Bertz CT molecular complexity index is 508. The van der Waals surface area contributed by atoms with Gasteiger partial charge in [0.25, 0.3) is 0 Å². The molecule has 0 aliphatic carbocycles. The van der Waals surface area contributed by atoms with E-state index in [-0.39, 0.29) is 17.0 Å². The Kier molecular flexibility index (Phi) is 3.65. The van der Waals surface area contributed by atoms with Gasteiger partial charge in [0.15, 0.2) is 5.84 Å². The molecule has 0 radical (unpaired) electrons. The third kappa shape index (κ3) is 3.04. The number of morpholine rings is 1. The van der Waals surface area contributed by atoms with E-state index >= 15 is 0 Å².